The largest absolute Gasteiger partial charge is 0.335 e. The molecular weight excluding hydrogens is 288 g/mol. The van der Waals surface area contributed by atoms with E-state index in [0.717, 1.165) is 11.3 Å². The summed E-state index contributed by atoms with van der Waals surface area (Å²) in [6.07, 6.45) is 0.274. The van der Waals surface area contributed by atoms with Crippen molar-refractivity contribution in [2.45, 2.75) is 19.4 Å². The van der Waals surface area contributed by atoms with E-state index in [0.29, 0.717) is 6.54 Å². The van der Waals surface area contributed by atoms with Gasteiger partial charge in [-0.15, -0.1) is 0 Å². The normalized spacial score (nSPS) is 18.7. The highest BCUT2D eigenvalue weighted by Gasteiger charge is 2.36. The minimum atomic E-state index is -0.297. The van der Waals surface area contributed by atoms with Gasteiger partial charge in [-0.3, -0.25) is 9.59 Å². The van der Waals surface area contributed by atoms with Crippen LogP contribution in [0.4, 0.5) is 5.69 Å². The molecule has 0 radical (unpaired) electrons. The van der Waals surface area contributed by atoms with Gasteiger partial charge in [0.1, 0.15) is 0 Å². The molecular formula is C19H20N2O2. The molecule has 1 saturated heterocycles. The Morgan fingerprint density at radius 1 is 1.09 bits per heavy atom. The van der Waals surface area contributed by atoms with Gasteiger partial charge in [-0.1, -0.05) is 48.5 Å². The summed E-state index contributed by atoms with van der Waals surface area (Å²) in [5.41, 5.74) is 1.85. The Balaban J connectivity index is 1.66. The van der Waals surface area contributed by atoms with Gasteiger partial charge in [0.2, 0.25) is 11.8 Å². The third-order valence-corrected chi connectivity index (χ3v) is 4.32. The number of nitrogens with zero attached hydrogens (tertiary/aromatic N) is 1. The van der Waals surface area contributed by atoms with Crippen molar-refractivity contribution in [3.8, 4) is 0 Å². The van der Waals surface area contributed by atoms with Crippen molar-refractivity contribution in [1.29, 1.82) is 0 Å². The number of anilines is 1. The predicted octanol–water partition coefficient (Wildman–Crippen LogP) is 3.23. The highest BCUT2D eigenvalue weighted by molar-refractivity contribution is 5.97. The third kappa shape index (κ3) is 3.42. The molecule has 4 nitrogen and oxygen atoms in total. The molecule has 1 heterocycles. The van der Waals surface area contributed by atoms with Gasteiger partial charge in [0.25, 0.3) is 0 Å². The lowest BCUT2D eigenvalue weighted by atomic mass is 10.1. The maximum absolute atomic E-state index is 12.4. The summed E-state index contributed by atoms with van der Waals surface area (Å²) >= 11 is 0. The maximum Gasteiger partial charge on any atom is 0.229 e. The van der Waals surface area contributed by atoms with Crippen molar-refractivity contribution in [2.75, 3.05) is 11.9 Å². The van der Waals surface area contributed by atoms with Crippen LogP contribution in [0.25, 0.3) is 0 Å². The molecule has 1 fully saturated rings. The number of para-hydroxylation sites is 1. The second kappa shape index (κ2) is 6.65. The lowest BCUT2D eigenvalue weighted by Gasteiger charge is -2.25. The first-order valence-corrected chi connectivity index (χ1v) is 7.85. The summed E-state index contributed by atoms with van der Waals surface area (Å²) in [6, 6.07) is 19.2. The molecule has 1 aliphatic rings. The molecule has 1 N–H and O–H groups in total. The first-order valence-electron chi connectivity index (χ1n) is 7.85. The van der Waals surface area contributed by atoms with E-state index >= 15 is 0 Å². The number of amides is 2. The third-order valence-electron chi connectivity index (χ3n) is 4.32. The number of rotatable bonds is 4. The average Bonchev–Trinajstić information content (AvgIpc) is 2.98. The minimum Gasteiger partial charge on any atom is -0.335 e. The number of likely N-dealkylation sites (tertiary alicyclic amines) is 1. The fourth-order valence-electron chi connectivity index (χ4n) is 2.96. The quantitative estimate of drug-likeness (QED) is 0.942. The molecule has 0 aliphatic carbocycles. The highest BCUT2D eigenvalue weighted by atomic mass is 16.2. The Labute approximate surface area is 136 Å². The van der Waals surface area contributed by atoms with Crippen molar-refractivity contribution in [1.82, 2.24) is 4.90 Å². The second-order valence-corrected chi connectivity index (χ2v) is 5.89. The summed E-state index contributed by atoms with van der Waals surface area (Å²) in [5, 5.41) is 2.89. The van der Waals surface area contributed by atoms with E-state index in [1.807, 2.05) is 67.6 Å². The molecule has 2 aromatic carbocycles. The Hall–Kier alpha value is -2.62. The molecule has 2 aromatic rings. The first-order chi connectivity index (χ1) is 11.1. The molecule has 0 spiro atoms. The molecule has 118 valence electrons. The van der Waals surface area contributed by atoms with Crippen molar-refractivity contribution >= 4 is 17.5 Å². The van der Waals surface area contributed by atoms with Crippen molar-refractivity contribution in [3.63, 3.8) is 0 Å². The molecule has 0 aromatic heterocycles. The number of carbonyl (C=O) groups is 2. The van der Waals surface area contributed by atoms with Crippen LogP contribution in [0.2, 0.25) is 0 Å². The molecule has 0 bridgehead atoms. The number of hydrogen-bond acceptors (Lipinski definition) is 2. The van der Waals surface area contributed by atoms with Crippen LogP contribution in [0.5, 0.6) is 0 Å². The van der Waals surface area contributed by atoms with Crippen molar-refractivity contribution in [3.05, 3.63) is 66.2 Å². The molecule has 1 aliphatic heterocycles. The summed E-state index contributed by atoms with van der Waals surface area (Å²) in [7, 11) is 0. The molecule has 3 rings (SSSR count). The average molecular weight is 308 g/mol. The van der Waals surface area contributed by atoms with Gasteiger partial charge in [0, 0.05) is 18.7 Å². The zero-order valence-electron chi connectivity index (χ0n) is 13.1. The lowest BCUT2D eigenvalue weighted by Crippen LogP contribution is -2.30. The van der Waals surface area contributed by atoms with E-state index < -0.39 is 0 Å². The van der Waals surface area contributed by atoms with Gasteiger partial charge in [-0.2, -0.15) is 0 Å². The Morgan fingerprint density at radius 3 is 2.35 bits per heavy atom. The van der Waals surface area contributed by atoms with Crippen LogP contribution in [0.1, 0.15) is 24.9 Å². The Morgan fingerprint density at radius 2 is 1.70 bits per heavy atom. The second-order valence-electron chi connectivity index (χ2n) is 5.89. The van der Waals surface area contributed by atoms with E-state index in [9.17, 15) is 9.59 Å². The van der Waals surface area contributed by atoms with E-state index in [4.69, 9.17) is 0 Å². The van der Waals surface area contributed by atoms with Crippen LogP contribution in [0.3, 0.4) is 0 Å². The summed E-state index contributed by atoms with van der Waals surface area (Å²) in [4.78, 5) is 26.5. The standard InChI is InChI=1S/C19H20N2O2/c1-14(15-8-4-2-5-9-15)21-13-16(12-18(21)22)19(23)20-17-10-6-3-7-11-17/h2-11,14,16H,12-13H2,1H3,(H,20,23)/t14-,16-/m0/s1. The first kappa shape index (κ1) is 15.3. The van der Waals surface area contributed by atoms with Crippen molar-refractivity contribution in [2.24, 2.45) is 5.92 Å². The van der Waals surface area contributed by atoms with E-state index in [2.05, 4.69) is 5.32 Å². The summed E-state index contributed by atoms with van der Waals surface area (Å²) in [5.74, 6) is -0.351. The fraction of sp³-hybridized carbons (Fsp3) is 0.263. The molecule has 4 heteroatoms. The Bertz CT molecular complexity index is 685. The van der Waals surface area contributed by atoms with Crippen LogP contribution >= 0.6 is 0 Å². The van der Waals surface area contributed by atoms with Crippen LogP contribution < -0.4 is 5.32 Å². The maximum atomic E-state index is 12.4. The molecule has 2 amide bonds. The minimum absolute atomic E-state index is 0.0155. The van der Waals surface area contributed by atoms with Gasteiger partial charge in [-0.25, -0.2) is 0 Å². The van der Waals surface area contributed by atoms with E-state index in [-0.39, 0.29) is 30.2 Å². The van der Waals surface area contributed by atoms with Crippen LogP contribution in [-0.2, 0) is 9.59 Å². The number of hydrogen-bond donors (Lipinski definition) is 1. The molecule has 0 unspecified atom stereocenters. The fourth-order valence-corrected chi connectivity index (χ4v) is 2.96. The number of nitrogens with one attached hydrogen (secondary N) is 1. The van der Waals surface area contributed by atoms with Crippen molar-refractivity contribution < 1.29 is 9.59 Å². The van der Waals surface area contributed by atoms with E-state index in [1.54, 1.807) is 4.90 Å². The zero-order valence-corrected chi connectivity index (χ0v) is 13.1. The lowest BCUT2D eigenvalue weighted by molar-refractivity contribution is -0.129. The number of benzene rings is 2. The summed E-state index contributed by atoms with van der Waals surface area (Å²) < 4.78 is 0. The van der Waals surface area contributed by atoms with Crippen LogP contribution in [-0.4, -0.2) is 23.3 Å². The topological polar surface area (TPSA) is 49.4 Å². The van der Waals surface area contributed by atoms with Gasteiger partial charge in [0.15, 0.2) is 0 Å². The highest BCUT2D eigenvalue weighted by Crippen LogP contribution is 2.29. The molecule has 2 atom stereocenters. The zero-order chi connectivity index (χ0) is 16.2. The number of carbonyl (C=O) groups excluding carboxylic acids is 2. The van der Waals surface area contributed by atoms with Gasteiger partial charge < -0.3 is 10.2 Å². The van der Waals surface area contributed by atoms with Gasteiger partial charge in [0.05, 0.1) is 12.0 Å². The molecule has 0 saturated carbocycles. The monoisotopic (exact) mass is 308 g/mol. The predicted molar refractivity (Wildman–Crippen MR) is 89.7 cm³/mol. The smallest absolute Gasteiger partial charge is 0.229 e. The molecule has 23 heavy (non-hydrogen) atoms. The summed E-state index contributed by atoms with van der Waals surface area (Å²) in [6.45, 7) is 2.47. The van der Waals surface area contributed by atoms with Gasteiger partial charge >= 0.3 is 0 Å². The van der Waals surface area contributed by atoms with E-state index in [1.165, 1.54) is 0 Å². The van der Waals surface area contributed by atoms with Crippen LogP contribution in [0.15, 0.2) is 60.7 Å². The SMILES string of the molecule is C[C@@H](c1ccccc1)N1C[C@@H](C(=O)Nc2ccccc2)CC1=O. The van der Waals surface area contributed by atoms with Crippen LogP contribution in [0, 0.1) is 5.92 Å². The van der Waals surface area contributed by atoms with Gasteiger partial charge in [-0.05, 0) is 24.6 Å². The Kier molecular flexibility index (Phi) is 4.42.